The molecule has 4 aromatic rings. The summed E-state index contributed by atoms with van der Waals surface area (Å²) in [6.45, 7) is 1.64. The van der Waals surface area contributed by atoms with Crippen molar-refractivity contribution >= 4 is 67.1 Å². The third-order valence-corrected chi connectivity index (χ3v) is 8.42. The number of carbonyl (C=O) groups excluding carboxylic acids is 1. The highest BCUT2D eigenvalue weighted by atomic mass is 35.5. The van der Waals surface area contributed by atoms with Crippen LogP contribution in [0.4, 0.5) is 5.69 Å². The summed E-state index contributed by atoms with van der Waals surface area (Å²) < 4.78 is 35.5. The number of hydrogen-bond acceptors (Lipinski definition) is 6. The highest BCUT2D eigenvalue weighted by Gasteiger charge is 2.29. The Balaban J connectivity index is 1.77. The number of nitriles is 1. The molecule has 2 heterocycles. The number of rotatable bonds is 9. The maximum atomic E-state index is 13.7. The van der Waals surface area contributed by atoms with E-state index in [1.807, 2.05) is 35.2 Å². The monoisotopic (exact) mass is 561 g/mol. The fraction of sp³-hybridized carbons (Fsp3) is 0.200. The molecule has 0 aliphatic rings. The number of hydrogen-bond donors (Lipinski definition) is 0. The van der Waals surface area contributed by atoms with Crippen LogP contribution in [0.25, 0.3) is 16.6 Å². The SMILES string of the molecule is CCCCOC(=O)CN(c1ccc2c(ccn2-c2ccsc2C#N)c1)S(=O)(=O)c1cc(Cl)cc(Cl)c1. The normalized spacial score (nSPS) is 11.4. The molecule has 186 valence electrons. The van der Waals surface area contributed by atoms with E-state index < -0.39 is 22.5 Å². The van der Waals surface area contributed by atoms with E-state index in [1.54, 1.807) is 18.2 Å². The third kappa shape index (κ3) is 5.37. The van der Waals surface area contributed by atoms with E-state index in [9.17, 15) is 18.5 Å². The van der Waals surface area contributed by atoms with Crippen molar-refractivity contribution in [2.75, 3.05) is 17.5 Å². The number of nitrogens with zero attached hydrogens (tertiary/aromatic N) is 3. The molecule has 0 saturated carbocycles. The number of sulfonamides is 1. The molecule has 4 rings (SSSR count). The van der Waals surface area contributed by atoms with Crippen LogP contribution in [0.5, 0.6) is 0 Å². The van der Waals surface area contributed by atoms with Gasteiger partial charge in [0.15, 0.2) is 0 Å². The molecule has 2 aromatic carbocycles. The molecule has 0 radical (unpaired) electrons. The van der Waals surface area contributed by atoms with Gasteiger partial charge < -0.3 is 9.30 Å². The van der Waals surface area contributed by atoms with E-state index in [2.05, 4.69) is 6.07 Å². The molecule has 0 bridgehead atoms. The number of unbranched alkanes of at least 4 members (excludes halogenated alkanes) is 1. The van der Waals surface area contributed by atoms with Gasteiger partial charge in [0.2, 0.25) is 0 Å². The molecule has 0 spiro atoms. The van der Waals surface area contributed by atoms with Crippen molar-refractivity contribution < 1.29 is 17.9 Å². The van der Waals surface area contributed by atoms with Gasteiger partial charge in [-0.05, 0) is 60.3 Å². The summed E-state index contributed by atoms with van der Waals surface area (Å²) >= 11 is 13.5. The molecular weight excluding hydrogens is 541 g/mol. The Bertz CT molecular complexity index is 1550. The number of aromatic nitrogens is 1. The van der Waals surface area contributed by atoms with Gasteiger partial charge >= 0.3 is 5.97 Å². The number of thiophene rings is 1. The average Bonchev–Trinajstić information content (AvgIpc) is 3.48. The number of ether oxygens (including phenoxy) is 1. The Kier molecular flexibility index (Phi) is 7.91. The van der Waals surface area contributed by atoms with E-state index in [0.29, 0.717) is 11.3 Å². The van der Waals surface area contributed by atoms with E-state index in [1.165, 1.54) is 29.5 Å². The zero-order valence-electron chi connectivity index (χ0n) is 19.1. The number of fused-ring (bicyclic) bond motifs is 1. The average molecular weight is 563 g/mol. The molecule has 11 heteroatoms. The lowest BCUT2D eigenvalue weighted by Crippen LogP contribution is -2.36. The van der Waals surface area contributed by atoms with Gasteiger partial charge in [-0.2, -0.15) is 5.26 Å². The van der Waals surface area contributed by atoms with Crippen LogP contribution >= 0.6 is 34.5 Å². The Hall–Kier alpha value is -3.03. The summed E-state index contributed by atoms with van der Waals surface area (Å²) in [7, 11) is -4.23. The molecule has 36 heavy (non-hydrogen) atoms. The lowest BCUT2D eigenvalue weighted by Gasteiger charge is -2.24. The predicted molar refractivity (Wildman–Crippen MR) is 143 cm³/mol. The van der Waals surface area contributed by atoms with Crippen molar-refractivity contribution in [1.29, 1.82) is 5.26 Å². The zero-order chi connectivity index (χ0) is 25.9. The van der Waals surface area contributed by atoms with Crippen LogP contribution in [-0.4, -0.2) is 32.1 Å². The second-order valence-corrected chi connectivity index (χ2v) is 11.5. The molecule has 0 N–H and O–H groups in total. The Labute approximate surface area is 223 Å². The highest BCUT2D eigenvalue weighted by Crippen LogP contribution is 2.32. The number of halogens is 2. The highest BCUT2D eigenvalue weighted by molar-refractivity contribution is 7.92. The topological polar surface area (TPSA) is 92.4 Å². The van der Waals surface area contributed by atoms with E-state index in [0.717, 1.165) is 27.3 Å². The van der Waals surface area contributed by atoms with Crippen LogP contribution in [0.15, 0.2) is 65.0 Å². The van der Waals surface area contributed by atoms with Gasteiger partial charge in [-0.15, -0.1) is 11.3 Å². The standard InChI is InChI=1S/C25H21Cl2N3O4S2/c1-2-3-9-34-25(31)16-30(36(32,33)21-13-18(26)12-19(27)14-21)20-4-5-22-17(11-20)6-8-29(22)23-7-10-35-24(23)15-28/h4-8,10-14H,2-3,9,16H2,1H3. The molecule has 0 fully saturated rings. The molecule has 0 unspecified atom stereocenters. The minimum absolute atomic E-state index is 0.143. The molecule has 0 aliphatic heterocycles. The van der Waals surface area contributed by atoms with Crippen molar-refractivity contribution in [3.05, 3.63) is 75.0 Å². The summed E-state index contributed by atoms with van der Waals surface area (Å²) in [6.07, 6.45) is 3.32. The number of esters is 1. The molecule has 2 aromatic heterocycles. The van der Waals surface area contributed by atoms with Gasteiger partial charge in [0, 0.05) is 21.6 Å². The maximum absolute atomic E-state index is 13.7. The van der Waals surface area contributed by atoms with Gasteiger partial charge in [0.25, 0.3) is 10.0 Å². The Morgan fingerprint density at radius 3 is 2.58 bits per heavy atom. The first kappa shape index (κ1) is 26.0. The quantitative estimate of drug-likeness (QED) is 0.174. The first-order valence-corrected chi connectivity index (χ1v) is 14.1. The van der Waals surface area contributed by atoms with Gasteiger partial charge in [0.05, 0.1) is 28.4 Å². The summed E-state index contributed by atoms with van der Waals surface area (Å²) in [5, 5.41) is 12.3. The summed E-state index contributed by atoms with van der Waals surface area (Å²) in [6, 6.07) is 14.9. The lowest BCUT2D eigenvalue weighted by atomic mass is 10.2. The fourth-order valence-electron chi connectivity index (χ4n) is 3.68. The number of benzene rings is 2. The minimum Gasteiger partial charge on any atom is -0.464 e. The Morgan fingerprint density at radius 1 is 1.14 bits per heavy atom. The van der Waals surface area contributed by atoms with Crippen LogP contribution in [0.3, 0.4) is 0 Å². The number of anilines is 1. The van der Waals surface area contributed by atoms with Crippen molar-refractivity contribution in [2.45, 2.75) is 24.7 Å². The van der Waals surface area contributed by atoms with Crippen LogP contribution in [0, 0.1) is 11.3 Å². The molecule has 0 amide bonds. The zero-order valence-corrected chi connectivity index (χ0v) is 22.3. The second-order valence-electron chi connectivity index (χ2n) is 7.87. The summed E-state index contributed by atoms with van der Waals surface area (Å²) in [5.41, 5.74) is 1.79. The molecule has 0 aliphatic carbocycles. The number of carbonyl (C=O) groups is 1. The van der Waals surface area contributed by atoms with E-state index in [4.69, 9.17) is 27.9 Å². The van der Waals surface area contributed by atoms with Crippen LogP contribution in [0.2, 0.25) is 10.0 Å². The Morgan fingerprint density at radius 2 is 1.89 bits per heavy atom. The molecule has 0 atom stereocenters. The summed E-state index contributed by atoms with van der Waals surface area (Å²) in [4.78, 5) is 13.0. The molecule has 0 saturated heterocycles. The smallest absolute Gasteiger partial charge is 0.326 e. The van der Waals surface area contributed by atoms with Gasteiger partial charge in [-0.25, -0.2) is 8.42 Å². The van der Waals surface area contributed by atoms with Crippen molar-refractivity contribution in [2.24, 2.45) is 0 Å². The second kappa shape index (κ2) is 10.9. The van der Waals surface area contributed by atoms with Crippen molar-refractivity contribution in [3.63, 3.8) is 0 Å². The predicted octanol–water partition coefficient (Wildman–Crippen LogP) is 6.41. The first-order chi connectivity index (χ1) is 17.2. The maximum Gasteiger partial charge on any atom is 0.326 e. The van der Waals surface area contributed by atoms with E-state index in [-0.39, 0.29) is 27.2 Å². The third-order valence-electron chi connectivity index (χ3n) is 5.43. The van der Waals surface area contributed by atoms with Crippen LogP contribution in [0.1, 0.15) is 24.6 Å². The van der Waals surface area contributed by atoms with Gasteiger partial charge in [-0.1, -0.05) is 36.5 Å². The first-order valence-electron chi connectivity index (χ1n) is 11.0. The lowest BCUT2D eigenvalue weighted by molar-refractivity contribution is -0.141. The largest absolute Gasteiger partial charge is 0.464 e. The van der Waals surface area contributed by atoms with Gasteiger partial charge in [0.1, 0.15) is 17.5 Å². The van der Waals surface area contributed by atoms with Crippen molar-refractivity contribution in [3.8, 4) is 11.8 Å². The molecule has 7 nitrogen and oxygen atoms in total. The van der Waals surface area contributed by atoms with E-state index >= 15 is 0 Å². The van der Waals surface area contributed by atoms with Crippen LogP contribution < -0.4 is 4.31 Å². The van der Waals surface area contributed by atoms with Gasteiger partial charge in [-0.3, -0.25) is 9.10 Å². The van der Waals surface area contributed by atoms with Crippen LogP contribution in [-0.2, 0) is 19.6 Å². The van der Waals surface area contributed by atoms with Crippen molar-refractivity contribution in [1.82, 2.24) is 4.57 Å². The summed E-state index contributed by atoms with van der Waals surface area (Å²) in [5.74, 6) is -0.672. The molecular formula is C25H21Cl2N3O4S2. The fourth-order valence-corrected chi connectivity index (χ4v) is 6.49. The minimum atomic E-state index is -4.23.